The Morgan fingerprint density at radius 1 is 1.62 bits per heavy atom. The lowest BCUT2D eigenvalue weighted by atomic mass is 10.00. The molecule has 0 saturated heterocycles. The Kier molecular flexibility index (Phi) is 7.27. The molecule has 2 atom stereocenters. The van der Waals surface area contributed by atoms with Crippen molar-refractivity contribution in [3.05, 3.63) is 12.7 Å². The summed E-state index contributed by atoms with van der Waals surface area (Å²) in [5.74, 6) is 1.92. The van der Waals surface area contributed by atoms with Crippen LogP contribution in [-0.2, 0) is 14.3 Å². The second kappa shape index (κ2) is 7.91. The zero-order chi connectivity index (χ0) is 12.6. The van der Waals surface area contributed by atoms with Gasteiger partial charge in [-0.2, -0.15) is 0 Å². The summed E-state index contributed by atoms with van der Waals surface area (Å²) in [6, 6.07) is -0.403. The van der Waals surface area contributed by atoms with Crippen molar-refractivity contribution in [2.45, 2.75) is 6.04 Å². The molecule has 4 nitrogen and oxygen atoms in total. The smallest absolute Gasteiger partial charge is 0.323 e. The van der Waals surface area contributed by atoms with Gasteiger partial charge in [0, 0.05) is 5.92 Å². The first-order valence-electron chi connectivity index (χ1n) is 4.96. The van der Waals surface area contributed by atoms with Crippen LogP contribution in [0, 0.1) is 18.3 Å². The molecule has 0 aliphatic heterocycles. The maximum atomic E-state index is 11.6. The maximum absolute atomic E-state index is 11.6. The molecule has 0 heterocycles. The highest BCUT2D eigenvalue weighted by atomic mass is 16.5. The molecule has 0 aliphatic rings. The molecule has 0 N–H and O–H groups in total. The minimum atomic E-state index is -0.403. The number of carbonyl (C=O) groups is 1. The van der Waals surface area contributed by atoms with Crippen LogP contribution in [0.15, 0.2) is 12.7 Å². The van der Waals surface area contributed by atoms with Gasteiger partial charge in [0.1, 0.15) is 12.6 Å². The minimum Gasteiger partial charge on any atom is -0.468 e. The van der Waals surface area contributed by atoms with Crippen molar-refractivity contribution in [2.24, 2.45) is 5.92 Å². The molecular weight excluding hydrogens is 206 g/mol. The number of esters is 1. The number of ether oxygens (including phenoxy) is 2. The van der Waals surface area contributed by atoms with E-state index in [0.717, 1.165) is 0 Å². The van der Waals surface area contributed by atoms with Gasteiger partial charge in [0.05, 0.1) is 13.7 Å². The molecule has 0 bridgehead atoms. The Morgan fingerprint density at radius 2 is 2.25 bits per heavy atom. The molecule has 0 aromatic carbocycles. The Hall–Kier alpha value is -1.31. The second-order valence-corrected chi connectivity index (χ2v) is 3.55. The first-order valence-corrected chi connectivity index (χ1v) is 4.96. The van der Waals surface area contributed by atoms with Crippen LogP contribution in [0.2, 0.25) is 0 Å². The number of hydrogen-bond donors (Lipinski definition) is 0. The summed E-state index contributed by atoms with van der Waals surface area (Å²) in [4.78, 5) is 13.4. The number of likely N-dealkylation sites (N-methyl/N-ethyl adjacent to an activating group) is 1. The first-order chi connectivity index (χ1) is 7.58. The molecule has 4 heteroatoms. The van der Waals surface area contributed by atoms with E-state index in [4.69, 9.17) is 15.9 Å². The van der Waals surface area contributed by atoms with Crippen molar-refractivity contribution in [1.82, 2.24) is 4.90 Å². The third kappa shape index (κ3) is 4.47. The summed E-state index contributed by atoms with van der Waals surface area (Å²) < 4.78 is 9.96. The van der Waals surface area contributed by atoms with Crippen molar-refractivity contribution >= 4 is 5.97 Å². The minimum absolute atomic E-state index is 0.143. The molecule has 90 valence electrons. The van der Waals surface area contributed by atoms with E-state index in [9.17, 15) is 4.79 Å². The molecule has 0 aromatic heterocycles. The molecule has 0 rings (SSSR count). The lowest BCUT2D eigenvalue weighted by Gasteiger charge is -2.27. The summed E-state index contributed by atoms with van der Waals surface area (Å²) in [6.07, 6.45) is 6.75. The lowest BCUT2D eigenvalue weighted by molar-refractivity contribution is -0.148. The van der Waals surface area contributed by atoms with E-state index in [1.807, 2.05) is 0 Å². The molecular formula is C12H19NO3. The van der Waals surface area contributed by atoms with E-state index in [2.05, 4.69) is 12.5 Å². The van der Waals surface area contributed by atoms with Crippen molar-refractivity contribution in [2.75, 3.05) is 34.4 Å². The molecule has 0 saturated carbocycles. The monoisotopic (exact) mass is 225 g/mol. The zero-order valence-electron chi connectivity index (χ0n) is 10.1. The SMILES string of the molecule is C#CCOCC(C=C)C(C(=O)OC)N(C)C. The Morgan fingerprint density at radius 3 is 2.62 bits per heavy atom. The largest absolute Gasteiger partial charge is 0.468 e. The van der Waals surface area contributed by atoms with Crippen molar-refractivity contribution in [3.63, 3.8) is 0 Å². The van der Waals surface area contributed by atoms with E-state index in [-0.39, 0.29) is 18.5 Å². The Labute approximate surface area is 97.2 Å². The highest BCUT2D eigenvalue weighted by Gasteiger charge is 2.29. The van der Waals surface area contributed by atoms with Crippen molar-refractivity contribution in [1.29, 1.82) is 0 Å². The van der Waals surface area contributed by atoms with E-state index < -0.39 is 6.04 Å². The van der Waals surface area contributed by atoms with Crippen LogP contribution >= 0.6 is 0 Å². The van der Waals surface area contributed by atoms with Gasteiger partial charge in [-0.25, -0.2) is 0 Å². The second-order valence-electron chi connectivity index (χ2n) is 3.55. The molecule has 0 spiro atoms. The number of hydrogen-bond acceptors (Lipinski definition) is 4. The average molecular weight is 225 g/mol. The van der Waals surface area contributed by atoms with E-state index in [0.29, 0.717) is 6.61 Å². The van der Waals surface area contributed by atoms with Gasteiger partial charge in [-0.1, -0.05) is 12.0 Å². The number of nitrogens with zero attached hydrogens (tertiary/aromatic N) is 1. The van der Waals surface area contributed by atoms with E-state index in [1.54, 1.807) is 25.1 Å². The van der Waals surface area contributed by atoms with Crippen LogP contribution in [0.3, 0.4) is 0 Å². The topological polar surface area (TPSA) is 38.8 Å². The maximum Gasteiger partial charge on any atom is 0.323 e. The van der Waals surface area contributed by atoms with Gasteiger partial charge in [0.2, 0.25) is 0 Å². The van der Waals surface area contributed by atoms with Gasteiger partial charge in [0.25, 0.3) is 0 Å². The van der Waals surface area contributed by atoms with Crippen LogP contribution in [0.25, 0.3) is 0 Å². The summed E-state index contributed by atoms with van der Waals surface area (Å²) in [5.41, 5.74) is 0. The molecule has 0 radical (unpaired) electrons. The standard InChI is InChI=1S/C12H19NO3/c1-6-8-16-9-10(7-2)11(13(3)4)12(14)15-5/h1,7,10-11H,2,8-9H2,3-5H3. The summed E-state index contributed by atoms with van der Waals surface area (Å²) in [7, 11) is 4.97. The molecule has 0 amide bonds. The normalized spacial score (nSPS) is 13.9. The van der Waals surface area contributed by atoms with Gasteiger partial charge in [-0.05, 0) is 14.1 Å². The quantitative estimate of drug-likeness (QED) is 0.274. The van der Waals surface area contributed by atoms with Crippen LogP contribution in [0.5, 0.6) is 0 Å². The van der Waals surface area contributed by atoms with Crippen LogP contribution in [0.4, 0.5) is 0 Å². The average Bonchev–Trinajstić information content (AvgIpc) is 2.26. The number of carbonyl (C=O) groups excluding carboxylic acids is 1. The third-order valence-corrected chi connectivity index (χ3v) is 2.20. The van der Waals surface area contributed by atoms with Crippen LogP contribution < -0.4 is 0 Å². The summed E-state index contributed by atoms with van der Waals surface area (Å²) in [5, 5.41) is 0. The van der Waals surface area contributed by atoms with E-state index >= 15 is 0 Å². The van der Waals surface area contributed by atoms with Crippen LogP contribution in [0.1, 0.15) is 0 Å². The molecule has 2 unspecified atom stereocenters. The predicted octanol–water partition coefficient (Wildman–Crippen LogP) is 0.542. The number of rotatable bonds is 7. The van der Waals surface area contributed by atoms with Gasteiger partial charge in [0.15, 0.2) is 0 Å². The molecule has 0 aromatic rings. The Bertz CT molecular complexity index is 268. The van der Waals surface area contributed by atoms with Crippen LogP contribution in [-0.4, -0.2) is 51.3 Å². The van der Waals surface area contributed by atoms with Gasteiger partial charge < -0.3 is 9.47 Å². The molecule has 16 heavy (non-hydrogen) atoms. The fourth-order valence-electron chi connectivity index (χ4n) is 1.43. The van der Waals surface area contributed by atoms with Gasteiger partial charge in [-0.15, -0.1) is 13.0 Å². The first kappa shape index (κ1) is 14.7. The van der Waals surface area contributed by atoms with Gasteiger partial charge >= 0.3 is 5.97 Å². The fourth-order valence-corrected chi connectivity index (χ4v) is 1.43. The summed E-state index contributed by atoms with van der Waals surface area (Å²) >= 11 is 0. The van der Waals surface area contributed by atoms with Crippen molar-refractivity contribution in [3.8, 4) is 12.3 Å². The lowest BCUT2D eigenvalue weighted by Crippen LogP contribution is -2.43. The Balaban J connectivity index is 4.53. The van der Waals surface area contributed by atoms with Gasteiger partial charge in [-0.3, -0.25) is 9.69 Å². The number of terminal acetylenes is 1. The van der Waals surface area contributed by atoms with E-state index in [1.165, 1.54) is 7.11 Å². The molecule has 0 aliphatic carbocycles. The zero-order valence-corrected chi connectivity index (χ0v) is 10.1. The summed E-state index contributed by atoms with van der Waals surface area (Å²) in [6.45, 7) is 4.27. The fraction of sp³-hybridized carbons (Fsp3) is 0.583. The van der Waals surface area contributed by atoms with Crippen molar-refractivity contribution < 1.29 is 14.3 Å². The molecule has 0 fully saturated rings. The predicted molar refractivity (Wildman–Crippen MR) is 62.8 cm³/mol. The number of methoxy groups -OCH3 is 1. The highest BCUT2D eigenvalue weighted by Crippen LogP contribution is 2.12. The third-order valence-electron chi connectivity index (χ3n) is 2.20. The highest BCUT2D eigenvalue weighted by molar-refractivity contribution is 5.76.